The van der Waals surface area contributed by atoms with Crippen LogP contribution >= 0.6 is 0 Å². The van der Waals surface area contributed by atoms with Crippen LogP contribution in [0.1, 0.15) is 246 Å². The van der Waals surface area contributed by atoms with E-state index in [1.54, 1.807) is 4.90 Å². The second-order valence-corrected chi connectivity index (χ2v) is 21.5. The Kier molecular flexibility index (Phi) is 39.5. The Morgan fingerprint density at radius 1 is 0.413 bits per heavy atom. The molecule has 1 amide bonds. The van der Waals surface area contributed by atoms with Gasteiger partial charge in [-0.1, -0.05) is 156 Å². The predicted octanol–water partition coefficient (Wildman–Crippen LogP) is 12.3. The van der Waals surface area contributed by atoms with Crippen molar-refractivity contribution in [2.75, 3.05) is 59.8 Å². The van der Waals surface area contributed by atoms with E-state index in [1.807, 2.05) is 7.05 Å². The molecule has 0 aliphatic carbocycles. The summed E-state index contributed by atoms with van der Waals surface area (Å²) in [6.45, 7) is 9.24. The highest BCUT2D eigenvalue weighted by Gasteiger charge is 2.39. The van der Waals surface area contributed by atoms with Crippen LogP contribution in [0.4, 0.5) is 4.79 Å². The van der Waals surface area contributed by atoms with Gasteiger partial charge in [-0.05, 0) is 58.4 Å². The Morgan fingerprint density at radius 2 is 0.733 bits per heavy atom. The number of hydrogen-bond acceptors (Lipinski definition) is 15. The van der Waals surface area contributed by atoms with E-state index < -0.39 is 42.0 Å². The average Bonchev–Trinajstić information content (AvgIpc) is 3.81. The minimum Gasteiger partial charge on any atom is -0.465 e. The van der Waals surface area contributed by atoms with Gasteiger partial charge in [-0.3, -0.25) is 33.7 Å². The van der Waals surface area contributed by atoms with Gasteiger partial charge in [0.25, 0.3) is 0 Å². The second kappa shape index (κ2) is 44.1. The summed E-state index contributed by atoms with van der Waals surface area (Å²) in [5, 5.41) is 0. The first-order chi connectivity index (χ1) is 36.4. The molecule has 3 atom stereocenters. The number of carbonyl (C=O) groups excluding carboxylic acids is 7. The SMILES string of the molecule is CCCCCCCCC(=O)OCC(COC(=O)CCCCCCCC)CC(=O)OC[C@@H]1CCC[C@@H](COC(=O)CC(COC(=O)CCCCCCCC)COC(=O)CCCCCCCC)N1C(=O)OC1CCN(C)C1. The van der Waals surface area contributed by atoms with E-state index in [1.165, 1.54) is 25.7 Å². The minimum atomic E-state index is -0.630. The van der Waals surface area contributed by atoms with Crippen LogP contribution < -0.4 is 0 Å². The summed E-state index contributed by atoms with van der Waals surface area (Å²) >= 11 is 0. The molecule has 2 saturated heterocycles. The molecule has 16 heteroatoms. The Bertz CT molecular complexity index is 1400. The molecule has 2 aliphatic heterocycles. The third-order valence-electron chi connectivity index (χ3n) is 14.3. The lowest BCUT2D eigenvalue weighted by Gasteiger charge is -2.41. The van der Waals surface area contributed by atoms with Crippen molar-refractivity contribution in [2.24, 2.45) is 11.8 Å². The van der Waals surface area contributed by atoms with Gasteiger partial charge in [0, 0.05) is 50.6 Å². The number of carbonyl (C=O) groups is 7. The van der Waals surface area contributed by atoms with Crippen LogP contribution in [0.2, 0.25) is 0 Å². The molecule has 2 aliphatic rings. The third kappa shape index (κ3) is 34.4. The van der Waals surface area contributed by atoms with Crippen LogP contribution in [0.5, 0.6) is 0 Å². The van der Waals surface area contributed by atoms with Gasteiger partial charge in [0.15, 0.2) is 0 Å². The maximum atomic E-state index is 14.1. The van der Waals surface area contributed by atoms with Gasteiger partial charge in [-0.25, -0.2) is 4.79 Å². The number of rotatable bonds is 45. The van der Waals surface area contributed by atoms with Crippen LogP contribution in [-0.4, -0.2) is 130 Å². The van der Waals surface area contributed by atoms with Crippen molar-refractivity contribution in [3.8, 4) is 0 Å². The van der Waals surface area contributed by atoms with E-state index in [0.717, 1.165) is 109 Å². The summed E-state index contributed by atoms with van der Waals surface area (Å²) in [5.41, 5.74) is 0. The number of nitrogens with zero attached hydrogens (tertiary/aromatic N) is 2. The smallest absolute Gasteiger partial charge is 0.410 e. The van der Waals surface area contributed by atoms with Gasteiger partial charge in [0.05, 0.1) is 51.4 Å². The molecule has 0 aromatic carbocycles. The fourth-order valence-corrected chi connectivity index (χ4v) is 9.62. The first-order valence-electron chi connectivity index (χ1n) is 30.0. The first kappa shape index (κ1) is 67.2. The molecule has 0 bridgehead atoms. The van der Waals surface area contributed by atoms with Gasteiger partial charge in [-0.2, -0.15) is 0 Å². The summed E-state index contributed by atoms with van der Waals surface area (Å²) < 4.78 is 40.2. The summed E-state index contributed by atoms with van der Waals surface area (Å²) in [5.74, 6) is -3.89. The molecule has 75 heavy (non-hydrogen) atoms. The molecular formula is C59H104N2O14. The highest BCUT2D eigenvalue weighted by Crippen LogP contribution is 2.27. The summed E-state index contributed by atoms with van der Waals surface area (Å²) in [7, 11) is 1.96. The number of likely N-dealkylation sites (N-methyl/N-ethyl adjacent to an activating group) is 1. The molecule has 0 aromatic heterocycles. The van der Waals surface area contributed by atoms with Gasteiger partial charge in [0.2, 0.25) is 0 Å². The van der Waals surface area contributed by atoms with Gasteiger partial charge in [-0.15, -0.1) is 0 Å². The Morgan fingerprint density at radius 3 is 1.04 bits per heavy atom. The monoisotopic (exact) mass is 1060 g/mol. The van der Waals surface area contributed by atoms with Gasteiger partial charge < -0.3 is 38.1 Å². The van der Waals surface area contributed by atoms with Crippen molar-refractivity contribution >= 4 is 41.9 Å². The number of esters is 6. The summed E-state index contributed by atoms with van der Waals surface area (Å²) in [6, 6.07) is -1.18. The van der Waals surface area contributed by atoms with E-state index >= 15 is 0 Å². The van der Waals surface area contributed by atoms with Crippen molar-refractivity contribution in [2.45, 2.75) is 264 Å². The lowest BCUT2D eigenvalue weighted by atomic mass is 9.96. The zero-order valence-corrected chi connectivity index (χ0v) is 47.7. The lowest BCUT2D eigenvalue weighted by Crippen LogP contribution is -2.54. The Hall–Kier alpha value is -3.95. The molecule has 0 saturated carbocycles. The number of piperidine rings is 1. The van der Waals surface area contributed by atoms with Crippen molar-refractivity contribution < 1.29 is 66.7 Å². The maximum absolute atomic E-state index is 14.1. The number of likely N-dealkylation sites (tertiary alicyclic amines) is 2. The van der Waals surface area contributed by atoms with Crippen molar-refractivity contribution in [1.82, 2.24) is 9.80 Å². The highest BCUT2D eigenvalue weighted by atomic mass is 16.6. The van der Waals surface area contributed by atoms with Crippen LogP contribution in [0, 0.1) is 11.8 Å². The van der Waals surface area contributed by atoms with Gasteiger partial charge >= 0.3 is 41.9 Å². The fourth-order valence-electron chi connectivity index (χ4n) is 9.62. The average molecular weight is 1070 g/mol. The zero-order chi connectivity index (χ0) is 54.7. The highest BCUT2D eigenvalue weighted by molar-refractivity contribution is 5.73. The zero-order valence-electron chi connectivity index (χ0n) is 47.7. The van der Waals surface area contributed by atoms with Crippen LogP contribution in [0.25, 0.3) is 0 Å². The molecule has 2 fully saturated rings. The van der Waals surface area contributed by atoms with Crippen LogP contribution in [-0.2, 0) is 61.9 Å². The Labute approximate surface area is 452 Å². The van der Waals surface area contributed by atoms with E-state index in [2.05, 4.69) is 32.6 Å². The van der Waals surface area contributed by atoms with Crippen LogP contribution in [0.15, 0.2) is 0 Å². The van der Waals surface area contributed by atoms with E-state index in [0.29, 0.717) is 57.9 Å². The third-order valence-corrected chi connectivity index (χ3v) is 14.3. The second-order valence-electron chi connectivity index (χ2n) is 21.5. The Balaban J connectivity index is 2.12. The molecular weight excluding hydrogens is 961 g/mol. The summed E-state index contributed by atoms with van der Waals surface area (Å²) in [4.78, 5) is 95.8. The predicted molar refractivity (Wildman–Crippen MR) is 290 cm³/mol. The number of amides is 1. The van der Waals surface area contributed by atoms with E-state index in [4.69, 9.17) is 33.2 Å². The maximum Gasteiger partial charge on any atom is 0.410 e. The van der Waals surface area contributed by atoms with Gasteiger partial charge in [0.1, 0.15) is 19.3 Å². The minimum absolute atomic E-state index is 0.108. The molecule has 0 radical (unpaired) electrons. The standard InChI is InChI=1S/C59H104N2O14/c1-6-10-14-18-22-26-33-53(62)69-42-48(43-70-54(63)34-27-23-19-15-11-7-2)39-57(66)73-46-50-31-30-32-51(61(50)59(68)75-52-37-38-60(5)41-52)47-74-58(67)40-49(44-71-55(64)35-28-24-20-16-12-8-3)45-72-56(65)36-29-25-21-17-13-9-4/h48-52H,6-47H2,1-5H3/t50-,51-,52?/m0/s1. The van der Waals surface area contributed by atoms with Crippen molar-refractivity contribution in [3.63, 3.8) is 0 Å². The molecule has 2 heterocycles. The molecule has 434 valence electrons. The normalized spacial score (nSPS) is 16.7. The molecule has 1 unspecified atom stereocenters. The molecule has 16 nitrogen and oxygen atoms in total. The molecule has 0 aromatic rings. The quantitative estimate of drug-likeness (QED) is 0.0318. The topological polar surface area (TPSA) is 191 Å². The summed E-state index contributed by atoms with van der Waals surface area (Å²) in [6.07, 6.45) is 26.7. The van der Waals surface area contributed by atoms with E-state index in [-0.39, 0.29) is 108 Å². The molecule has 0 N–H and O–H groups in total. The van der Waals surface area contributed by atoms with Crippen molar-refractivity contribution in [3.05, 3.63) is 0 Å². The number of ether oxygens (including phenoxy) is 7. The number of unbranched alkanes of at least 4 members (excludes halogenated alkanes) is 20. The van der Waals surface area contributed by atoms with Crippen molar-refractivity contribution in [1.29, 1.82) is 0 Å². The largest absolute Gasteiger partial charge is 0.465 e. The molecule has 2 rings (SSSR count). The van der Waals surface area contributed by atoms with Crippen LogP contribution in [0.3, 0.4) is 0 Å². The molecule has 0 spiro atoms. The van der Waals surface area contributed by atoms with E-state index in [9.17, 15) is 33.6 Å². The fraction of sp³-hybridized carbons (Fsp3) is 0.881. The number of hydrogen-bond donors (Lipinski definition) is 0. The lowest BCUT2D eigenvalue weighted by molar-refractivity contribution is -0.157. The first-order valence-corrected chi connectivity index (χ1v) is 30.0.